The van der Waals surface area contributed by atoms with Gasteiger partial charge in [-0.1, -0.05) is 18.2 Å². The Morgan fingerprint density at radius 2 is 1.39 bits per heavy atom. The van der Waals surface area contributed by atoms with Crippen molar-refractivity contribution in [1.29, 1.82) is 5.26 Å². The Hall–Kier alpha value is -4.24. The third-order valence-corrected chi connectivity index (χ3v) is 3.86. The fourth-order valence-corrected chi connectivity index (χ4v) is 2.41. The zero-order valence-corrected chi connectivity index (χ0v) is 15.0. The fraction of sp³-hybridized carbons (Fsp3) is 0. The molecule has 0 aliphatic heterocycles. The number of amides is 1. The Balaban J connectivity index is 1.61. The van der Waals surface area contributed by atoms with E-state index in [1.54, 1.807) is 24.3 Å². The third kappa shape index (κ3) is 5.13. The van der Waals surface area contributed by atoms with Crippen LogP contribution in [-0.4, -0.2) is 5.91 Å². The first kappa shape index (κ1) is 18.5. The minimum Gasteiger partial charge on any atom is -0.399 e. The largest absolute Gasteiger partial charge is 0.399 e. The lowest BCUT2D eigenvalue weighted by Crippen LogP contribution is -2.14. The van der Waals surface area contributed by atoms with Crippen molar-refractivity contribution < 1.29 is 4.79 Å². The summed E-state index contributed by atoms with van der Waals surface area (Å²) < 4.78 is 0. The van der Waals surface area contributed by atoms with E-state index in [2.05, 4.69) is 16.0 Å². The number of nitrogens with one attached hydrogen (secondary N) is 3. The van der Waals surface area contributed by atoms with Crippen LogP contribution in [0.15, 0.2) is 90.6 Å². The van der Waals surface area contributed by atoms with E-state index in [0.29, 0.717) is 11.4 Å². The van der Waals surface area contributed by atoms with E-state index in [9.17, 15) is 10.1 Å². The highest BCUT2D eigenvalue weighted by molar-refractivity contribution is 6.06. The highest BCUT2D eigenvalue weighted by Crippen LogP contribution is 2.19. The van der Waals surface area contributed by atoms with Gasteiger partial charge in [0.2, 0.25) is 0 Å². The minimum atomic E-state index is -0.498. The zero-order chi connectivity index (χ0) is 19.8. The second-order valence-electron chi connectivity index (χ2n) is 5.96. The molecule has 0 saturated carbocycles. The minimum absolute atomic E-state index is 0.0386. The number of nitriles is 1. The van der Waals surface area contributed by atoms with Crippen molar-refractivity contribution in [2.24, 2.45) is 0 Å². The van der Waals surface area contributed by atoms with E-state index in [-0.39, 0.29) is 5.57 Å². The second kappa shape index (κ2) is 8.92. The number of rotatable bonds is 6. The third-order valence-electron chi connectivity index (χ3n) is 3.86. The first-order valence-electron chi connectivity index (χ1n) is 8.60. The van der Waals surface area contributed by atoms with Crippen LogP contribution in [0.4, 0.5) is 28.4 Å². The molecule has 0 heterocycles. The van der Waals surface area contributed by atoms with E-state index in [1.807, 2.05) is 60.7 Å². The van der Waals surface area contributed by atoms with Crippen molar-refractivity contribution >= 4 is 34.3 Å². The second-order valence-corrected chi connectivity index (χ2v) is 5.96. The van der Waals surface area contributed by atoms with Crippen LogP contribution in [0.2, 0.25) is 0 Å². The van der Waals surface area contributed by atoms with Crippen molar-refractivity contribution in [3.8, 4) is 6.07 Å². The van der Waals surface area contributed by atoms with Gasteiger partial charge in [-0.2, -0.15) is 5.26 Å². The highest BCUT2D eigenvalue weighted by atomic mass is 16.1. The molecule has 3 rings (SSSR count). The number of benzene rings is 3. The first-order chi connectivity index (χ1) is 13.6. The van der Waals surface area contributed by atoms with E-state index >= 15 is 0 Å². The molecule has 0 aromatic heterocycles. The average Bonchev–Trinajstić information content (AvgIpc) is 2.72. The van der Waals surface area contributed by atoms with Crippen molar-refractivity contribution in [1.82, 2.24) is 0 Å². The van der Waals surface area contributed by atoms with Gasteiger partial charge in [-0.05, 0) is 60.7 Å². The number of carbonyl (C=O) groups is 1. The lowest BCUT2D eigenvalue weighted by Gasteiger charge is -2.08. The van der Waals surface area contributed by atoms with Gasteiger partial charge in [-0.25, -0.2) is 0 Å². The monoisotopic (exact) mass is 369 g/mol. The average molecular weight is 369 g/mol. The van der Waals surface area contributed by atoms with Crippen LogP contribution in [0.1, 0.15) is 0 Å². The van der Waals surface area contributed by atoms with Crippen molar-refractivity contribution in [2.75, 3.05) is 21.7 Å². The van der Waals surface area contributed by atoms with Gasteiger partial charge in [0.05, 0.1) is 0 Å². The summed E-state index contributed by atoms with van der Waals surface area (Å²) in [5, 5.41) is 18.2. The van der Waals surface area contributed by atoms with Gasteiger partial charge in [0.25, 0.3) is 5.91 Å². The highest BCUT2D eigenvalue weighted by Gasteiger charge is 2.09. The maximum atomic E-state index is 12.2. The molecule has 3 aromatic carbocycles. The molecule has 28 heavy (non-hydrogen) atoms. The molecule has 0 radical (unpaired) electrons. The molecular formula is C22H19N5O. The van der Waals surface area contributed by atoms with Gasteiger partial charge in [0, 0.05) is 34.6 Å². The Labute approximate surface area is 163 Å². The van der Waals surface area contributed by atoms with Crippen LogP contribution in [0.25, 0.3) is 0 Å². The smallest absolute Gasteiger partial charge is 0.267 e. The van der Waals surface area contributed by atoms with Gasteiger partial charge < -0.3 is 21.7 Å². The topological polar surface area (TPSA) is 103 Å². The summed E-state index contributed by atoms with van der Waals surface area (Å²) in [6.45, 7) is 0. The normalized spacial score (nSPS) is 10.6. The molecule has 0 atom stereocenters. The van der Waals surface area contributed by atoms with Crippen molar-refractivity contribution in [3.05, 3.63) is 90.6 Å². The predicted molar refractivity (Wildman–Crippen MR) is 113 cm³/mol. The molecule has 0 aliphatic rings. The summed E-state index contributed by atoms with van der Waals surface area (Å²) in [7, 11) is 0. The molecule has 138 valence electrons. The van der Waals surface area contributed by atoms with E-state index < -0.39 is 5.91 Å². The Morgan fingerprint density at radius 3 is 2.04 bits per heavy atom. The fourth-order valence-electron chi connectivity index (χ4n) is 2.41. The number of nitrogens with zero attached hydrogens (tertiary/aromatic N) is 1. The number of hydrogen-bond acceptors (Lipinski definition) is 5. The number of para-hydroxylation sites is 1. The molecule has 0 bridgehead atoms. The molecule has 1 amide bonds. The van der Waals surface area contributed by atoms with Gasteiger partial charge in [-0.3, -0.25) is 4.79 Å². The van der Waals surface area contributed by atoms with Gasteiger partial charge in [0.1, 0.15) is 11.6 Å². The Kier molecular flexibility index (Phi) is 5.91. The SMILES string of the molecule is N#C/C(=C/Nc1ccc(Nc2ccccc2)cc1)C(=O)Nc1ccc(N)cc1. The van der Waals surface area contributed by atoms with Gasteiger partial charge in [0.15, 0.2) is 0 Å². The standard InChI is InChI=1S/C22H19N5O/c23-14-16(22(28)27-21-8-6-17(24)7-9-21)15-25-18-10-12-20(13-11-18)26-19-4-2-1-3-5-19/h1-13,15,25-26H,24H2,(H,27,28)/b16-15-. The van der Waals surface area contributed by atoms with Gasteiger partial charge in [-0.15, -0.1) is 0 Å². The van der Waals surface area contributed by atoms with Crippen LogP contribution in [-0.2, 0) is 4.79 Å². The van der Waals surface area contributed by atoms with E-state index in [0.717, 1.165) is 17.1 Å². The summed E-state index contributed by atoms with van der Waals surface area (Å²) in [5.74, 6) is -0.498. The summed E-state index contributed by atoms with van der Waals surface area (Å²) in [6.07, 6.45) is 1.38. The molecule has 5 N–H and O–H groups in total. The van der Waals surface area contributed by atoms with Gasteiger partial charge >= 0.3 is 0 Å². The molecule has 6 nitrogen and oxygen atoms in total. The molecule has 0 aliphatic carbocycles. The molecule has 0 saturated heterocycles. The van der Waals surface area contributed by atoms with Crippen LogP contribution in [0, 0.1) is 11.3 Å². The van der Waals surface area contributed by atoms with Crippen molar-refractivity contribution in [3.63, 3.8) is 0 Å². The summed E-state index contributed by atoms with van der Waals surface area (Å²) >= 11 is 0. The summed E-state index contributed by atoms with van der Waals surface area (Å²) in [5.41, 5.74) is 9.43. The Bertz CT molecular complexity index is 1000. The molecule has 0 spiro atoms. The van der Waals surface area contributed by atoms with Crippen LogP contribution >= 0.6 is 0 Å². The number of carbonyl (C=O) groups excluding carboxylic acids is 1. The number of hydrogen-bond donors (Lipinski definition) is 4. The Morgan fingerprint density at radius 1 is 0.821 bits per heavy atom. The quantitative estimate of drug-likeness (QED) is 0.292. The van der Waals surface area contributed by atoms with Crippen LogP contribution < -0.4 is 21.7 Å². The number of anilines is 5. The molecule has 6 heteroatoms. The number of nitrogens with two attached hydrogens (primary N) is 1. The lowest BCUT2D eigenvalue weighted by molar-refractivity contribution is -0.112. The maximum Gasteiger partial charge on any atom is 0.267 e. The van der Waals surface area contributed by atoms with E-state index in [4.69, 9.17) is 5.73 Å². The van der Waals surface area contributed by atoms with E-state index in [1.165, 1.54) is 6.20 Å². The predicted octanol–water partition coefficient (Wildman–Crippen LogP) is 4.47. The van der Waals surface area contributed by atoms with Crippen LogP contribution in [0.3, 0.4) is 0 Å². The zero-order valence-electron chi connectivity index (χ0n) is 15.0. The lowest BCUT2D eigenvalue weighted by atomic mass is 10.2. The first-order valence-corrected chi connectivity index (χ1v) is 8.60. The van der Waals surface area contributed by atoms with Crippen LogP contribution in [0.5, 0.6) is 0 Å². The number of nitrogen functional groups attached to an aromatic ring is 1. The molecule has 0 unspecified atom stereocenters. The maximum absolute atomic E-state index is 12.2. The summed E-state index contributed by atoms with van der Waals surface area (Å²) in [6, 6.07) is 26.0. The summed E-state index contributed by atoms with van der Waals surface area (Å²) in [4.78, 5) is 12.2. The molecule has 0 fully saturated rings. The molecule has 3 aromatic rings. The van der Waals surface area contributed by atoms with Crippen molar-refractivity contribution in [2.45, 2.75) is 0 Å². The molecular weight excluding hydrogens is 350 g/mol.